The van der Waals surface area contributed by atoms with Crippen LogP contribution in [-0.2, 0) is 0 Å². The van der Waals surface area contributed by atoms with Crippen molar-refractivity contribution in [2.75, 3.05) is 0 Å². The average Bonchev–Trinajstić information content (AvgIpc) is 2.34. The topological polar surface area (TPSA) is 12.9 Å². The fourth-order valence-corrected chi connectivity index (χ4v) is 1.06. The predicted molar refractivity (Wildman–Crippen MR) is 68.6 cm³/mol. The summed E-state index contributed by atoms with van der Waals surface area (Å²) < 4.78 is 0. The third kappa shape index (κ3) is 4.96. The van der Waals surface area contributed by atoms with Crippen LogP contribution in [-0.4, -0.2) is 4.98 Å². The SMILES string of the molecule is C=C/C=C\C(=C/C)c1cccnc1.CC. The van der Waals surface area contributed by atoms with Crippen LogP contribution in [0.2, 0.25) is 0 Å². The van der Waals surface area contributed by atoms with Crippen molar-refractivity contribution in [1.29, 1.82) is 0 Å². The van der Waals surface area contributed by atoms with Crippen LogP contribution >= 0.6 is 0 Å². The van der Waals surface area contributed by atoms with Gasteiger partial charge in [0.15, 0.2) is 0 Å². The second-order valence-electron chi connectivity index (χ2n) is 2.58. The van der Waals surface area contributed by atoms with E-state index >= 15 is 0 Å². The lowest BCUT2D eigenvalue weighted by Crippen LogP contribution is -1.80. The van der Waals surface area contributed by atoms with Gasteiger partial charge in [-0.15, -0.1) is 0 Å². The summed E-state index contributed by atoms with van der Waals surface area (Å²) in [6.45, 7) is 9.64. The highest BCUT2D eigenvalue weighted by Crippen LogP contribution is 2.13. The molecule has 1 aromatic heterocycles. The molecule has 0 atom stereocenters. The predicted octanol–water partition coefficient (Wildman–Crippen LogP) is 4.25. The highest BCUT2D eigenvalue weighted by Gasteiger charge is 1.93. The second-order valence-corrected chi connectivity index (χ2v) is 2.58. The number of aromatic nitrogens is 1. The highest BCUT2D eigenvalue weighted by molar-refractivity contribution is 5.73. The minimum absolute atomic E-state index is 1.13. The molecule has 15 heavy (non-hydrogen) atoms. The van der Waals surface area contributed by atoms with E-state index in [1.807, 2.05) is 51.3 Å². The van der Waals surface area contributed by atoms with Crippen molar-refractivity contribution in [3.8, 4) is 0 Å². The van der Waals surface area contributed by atoms with Gasteiger partial charge in [0.1, 0.15) is 0 Å². The Labute approximate surface area is 92.9 Å². The van der Waals surface area contributed by atoms with Crippen LogP contribution in [0.5, 0.6) is 0 Å². The minimum Gasteiger partial charge on any atom is -0.264 e. The zero-order chi connectivity index (χ0) is 11.5. The van der Waals surface area contributed by atoms with Crippen LogP contribution in [0.1, 0.15) is 26.3 Å². The van der Waals surface area contributed by atoms with Crippen LogP contribution in [0.25, 0.3) is 5.57 Å². The molecule has 1 aromatic rings. The Morgan fingerprint density at radius 3 is 2.60 bits per heavy atom. The Kier molecular flexibility index (Phi) is 7.97. The molecule has 0 aliphatic heterocycles. The second kappa shape index (κ2) is 8.95. The summed E-state index contributed by atoms with van der Waals surface area (Å²) in [5.41, 5.74) is 2.29. The molecule has 0 aliphatic rings. The van der Waals surface area contributed by atoms with Gasteiger partial charge in [-0.2, -0.15) is 0 Å². The number of pyridine rings is 1. The van der Waals surface area contributed by atoms with Gasteiger partial charge in [-0.05, 0) is 24.1 Å². The molecule has 1 rings (SSSR count). The van der Waals surface area contributed by atoms with Gasteiger partial charge in [0.05, 0.1) is 0 Å². The van der Waals surface area contributed by atoms with E-state index in [0.29, 0.717) is 0 Å². The molecule has 0 saturated heterocycles. The lowest BCUT2D eigenvalue weighted by atomic mass is 10.1. The molecule has 1 heteroatoms. The van der Waals surface area contributed by atoms with Crippen molar-refractivity contribution in [2.45, 2.75) is 20.8 Å². The molecule has 0 spiro atoms. The maximum absolute atomic E-state index is 4.06. The van der Waals surface area contributed by atoms with Crippen LogP contribution in [0, 0.1) is 0 Å². The molecule has 0 N–H and O–H groups in total. The van der Waals surface area contributed by atoms with E-state index in [4.69, 9.17) is 0 Å². The number of hydrogen-bond donors (Lipinski definition) is 0. The van der Waals surface area contributed by atoms with E-state index in [1.54, 1.807) is 12.3 Å². The molecule has 0 aliphatic carbocycles. The molecule has 0 radical (unpaired) electrons. The largest absolute Gasteiger partial charge is 0.264 e. The van der Waals surface area contributed by atoms with Crippen LogP contribution in [0.3, 0.4) is 0 Å². The van der Waals surface area contributed by atoms with E-state index in [2.05, 4.69) is 17.6 Å². The van der Waals surface area contributed by atoms with E-state index < -0.39 is 0 Å². The number of nitrogens with zero attached hydrogens (tertiary/aromatic N) is 1. The van der Waals surface area contributed by atoms with Crippen molar-refractivity contribution in [2.24, 2.45) is 0 Å². The van der Waals surface area contributed by atoms with E-state index in [0.717, 1.165) is 11.1 Å². The smallest absolute Gasteiger partial charge is 0.0346 e. The minimum atomic E-state index is 1.13. The Morgan fingerprint density at radius 1 is 1.40 bits per heavy atom. The van der Waals surface area contributed by atoms with Crippen molar-refractivity contribution in [3.05, 3.63) is 61.0 Å². The normalized spacial score (nSPS) is 10.7. The molecule has 0 amide bonds. The van der Waals surface area contributed by atoms with Crippen LogP contribution < -0.4 is 0 Å². The lowest BCUT2D eigenvalue weighted by molar-refractivity contribution is 1.31. The van der Waals surface area contributed by atoms with Gasteiger partial charge in [0.25, 0.3) is 0 Å². The van der Waals surface area contributed by atoms with E-state index in [9.17, 15) is 0 Å². The summed E-state index contributed by atoms with van der Waals surface area (Å²) >= 11 is 0. The Balaban J connectivity index is 0.000000921. The third-order valence-electron chi connectivity index (χ3n) is 1.72. The monoisotopic (exact) mass is 201 g/mol. The number of rotatable bonds is 3. The molecule has 0 aromatic carbocycles. The fourth-order valence-electron chi connectivity index (χ4n) is 1.06. The first-order chi connectivity index (χ1) is 7.38. The van der Waals surface area contributed by atoms with Gasteiger partial charge in [0, 0.05) is 12.4 Å². The Morgan fingerprint density at radius 2 is 2.13 bits per heavy atom. The van der Waals surface area contributed by atoms with Crippen LogP contribution in [0.15, 0.2) is 55.4 Å². The summed E-state index contributed by atoms with van der Waals surface area (Å²) in [4.78, 5) is 4.06. The number of allylic oxidation sites excluding steroid dienone is 5. The molecular weight excluding hydrogens is 182 g/mol. The first-order valence-electron chi connectivity index (χ1n) is 5.24. The van der Waals surface area contributed by atoms with Gasteiger partial charge in [-0.25, -0.2) is 0 Å². The quantitative estimate of drug-likeness (QED) is 0.666. The first kappa shape index (κ1) is 13.4. The van der Waals surface area contributed by atoms with Crippen molar-refractivity contribution in [3.63, 3.8) is 0 Å². The zero-order valence-corrected chi connectivity index (χ0v) is 9.77. The van der Waals surface area contributed by atoms with Crippen molar-refractivity contribution in [1.82, 2.24) is 4.98 Å². The molecule has 80 valence electrons. The van der Waals surface area contributed by atoms with Gasteiger partial charge < -0.3 is 0 Å². The van der Waals surface area contributed by atoms with E-state index in [1.165, 1.54) is 0 Å². The Bertz CT molecular complexity index is 320. The zero-order valence-electron chi connectivity index (χ0n) is 9.77. The summed E-state index contributed by atoms with van der Waals surface area (Å²) in [5.74, 6) is 0. The highest BCUT2D eigenvalue weighted by atomic mass is 14.6. The maximum atomic E-state index is 4.06. The van der Waals surface area contributed by atoms with Crippen molar-refractivity contribution >= 4 is 5.57 Å². The van der Waals surface area contributed by atoms with E-state index in [-0.39, 0.29) is 0 Å². The third-order valence-corrected chi connectivity index (χ3v) is 1.72. The summed E-state index contributed by atoms with van der Waals surface area (Å²) in [6, 6.07) is 3.97. The summed E-state index contributed by atoms with van der Waals surface area (Å²) in [7, 11) is 0. The fraction of sp³-hybridized carbons (Fsp3) is 0.214. The average molecular weight is 201 g/mol. The number of hydrogen-bond acceptors (Lipinski definition) is 1. The molecule has 0 unspecified atom stereocenters. The molecule has 0 bridgehead atoms. The van der Waals surface area contributed by atoms with Gasteiger partial charge in [-0.3, -0.25) is 4.98 Å². The van der Waals surface area contributed by atoms with Gasteiger partial charge in [0.2, 0.25) is 0 Å². The first-order valence-corrected chi connectivity index (χ1v) is 5.24. The summed E-state index contributed by atoms with van der Waals surface area (Å²) in [6.07, 6.45) is 11.4. The molecule has 0 fully saturated rings. The molecular formula is C14H19N. The van der Waals surface area contributed by atoms with Crippen LogP contribution in [0.4, 0.5) is 0 Å². The molecule has 1 nitrogen and oxygen atoms in total. The standard InChI is InChI=1S/C12H13N.C2H6/c1-3-5-7-11(4-2)12-8-6-9-13-10-12;1-2/h3-10H,1H2,2H3;1-2H3/b7-5-,11-4+;. The summed E-state index contributed by atoms with van der Waals surface area (Å²) in [5, 5.41) is 0. The van der Waals surface area contributed by atoms with Crippen molar-refractivity contribution < 1.29 is 0 Å². The Hall–Kier alpha value is -1.63. The lowest BCUT2D eigenvalue weighted by Gasteiger charge is -1.99. The van der Waals surface area contributed by atoms with Gasteiger partial charge >= 0.3 is 0 Å². The molecule has 0 saturated carbocycles. The maximum Gasteiger partial charge on any atom is 0.0346 e. The van der Waals surface area contributed by atoms with Gasteiger partial charge in [-0.1, -0.05) is 50.8 Å². The molecule has 1 heterocycles.